The van der Waals surface area contributed by atoms with Crippen molar-refractivity contribution in [1.82, 2.24) is 10.2 Å². The summed E-state index contributed by atoms with van der Waals surface area (Å²) in [6.45, 7) is 2.22. The molecule has 1 saturated heterocycles. The number of piperidine rings is 1. The molecule has 4 aliphatic carbocycles. The number of fused-ring (bicyclic) bond motifs is 1. The molecule has 5 fully saturated rings. The fraction of sp³-hybridized carbons (Fsp3) is 0.708. The summed E-state index contributed by atoms with van der Waals surface area (Å²) in [4.78, 5) is 16.0. The molecule has 4 saturated carbocycles. The Morgan fingerprint density at radius 1 is 1.07 bits per heavy atom. The maximum Gasteiger partial charge on any atom is 0.226 e. The molecular weight excluding hydrogens is 332 g/mol. The van der Waals surface area contributed by atoms with Gasteiger partial charge in [-0.05, 0) is 101 Å². The minimum atomic E-state index is -0.118. The van der Waals surface area contributed by atoms with E-state index < -0.39 is 0 Å². The first kappa shape index (κ1) is 17.7. The van der Waals surface area contributed by atoms with Gasteiger partial charge in [0.2, 0.25) is 5.91 Å². The number of likely N-dealkylation sites (tertiary alicyclic amines) is 1. The lowest BCUT2D eigenvalue weighted by atomic mass is 9.52. The highest BCUT2D eigenvalue weighted by atomic mass is 16.2. The first-order chi connectivity index (χ1) is 13.1. The molecule has 5 aliphatic rings. The number of nitrogens with zero attached hydrogens (tertiary/aromatic N) is 1. The van der Waals surface area contributed by atoms with Crippen molar-refractivity contribution in [1.29, 1.82) is 0 Å². The second-order valence-electron chi connectivity index (χ2n) is 10.3. The van der Waals surface area contributed by atoms with Gasteiger partial charge in [-0.1, -0.05) is 30.3 Å². The molecule has 0 spiro atoms. The number of carbonyl (C=O) groups is 1. The van der Waals surface area contributed by atoms with Crippen molar-refractivity contribution in [2.24, 2.45) is 17.3 Å². The average molecular weight is 369 g/mol. The summed E-state index contributed by atoms with van der Waals surface area (Å²) < 4.78 is 0. The van der Waals surface area contributed by atoms with Gasteiger partial charge in [-0.25, -0.2) is 0 Å². The molecule has 0 radical (unpaired) electrons. The maximum atomic E-state index is 13.6. The lowest BCUT2D eigenvalue weighted by Gasteiger charge is -2.52. The number of rotatable bonds is 3. The standard InChI is InChI=1S/C24H34N2O.H2/c1-26-11-8-21(9-12-26)25-22(27)23-10-7-18-13-19(15-23)16-24(14-18,17-23)20-5-3-2-4-6-20;/h2-6,18-19,21H,7-17H2,1H3,(H,25,27);1H. The number of hydrogen-bond acceptors (Lipinski definition) is 2. The Morgan fingerprint density at radius 2 is 1.81 bits per heavy atom. The van der Waals surface area contributed by atoms with Crippen LogP contribution in [0.15, 0.2) is 30.3 Å². The Hall–Kier alpha value is -1.35. The van der Waals surface area contributed by atoms with Crippen LogP contribution in [0.25, 0.3) is 0 Å². The van der Waals surface area contributed by atoms with Crippen LogP contribution in [-0.4, -0.2) is 37.0 Å². The Kier molecular flexibility index (Phi) is 4.34. The number of amides is 1. The fourth-order valence-electron chi connectivity index (χ4n) is 7.20. The zero-order valence-electron chi connectivity index (χ0n) is 16.8. The van der Waals surface area contributed by atoms with Crippen LogP contribution in [0.5, 0.6) is 0 Å². The third kappa shape index (κ3) is 3.12. The molecule has 4 atom stereocenters. The summed E-state index contributed by atoms with van der Waals surface area (Å²) in [6.07, 6.45) is 10.8. The molecule has 6 rings (SSSR count). The van der Waals surface area contributed by atoms with Crippen LogP contribution in [-0.2, 0) is 10.2 Å². The summed E-state index contributed by atoms with van der Waals surface area (Å²) in [5.74, 6) is 1.96. The average Bonchev–Trinajstić information content (AvgIpc) is 2.88. The van der Waals surface area contributed by atoms with Gasteiger partial charge in [-0.15, -0.1) is 0 Å². The molecule has 1 aromatic carbocycles. The minimum absolute atomic E-state index is 0. The van der Waals surface area contributed by atoms with Gasteiger partial charge in [-0.3, -0.25) is 4.79 Å². The molecule has 3 nitrogen and oxygen atoms in total. The fourth-order valence-corrected chi connectivity index (χ4v) is 7.20. The third-order valence-corrected chi connectivity index (χ3v) is 8.33. The van der Waals surface area contributed by atoms with E-state index in [1.807, 2.05) is 0 Å². The smallest absolute Gasteiger partial charge is 0.226 e. The number of hydrogen-bond donors (Lipinski definition) is 1. The van der Waals surface area contributed by atoms with Crippen molar-refractivity contribution in [2.75, 3.05) is 20.1 Å². The molecule has 4 unspecified atom stereocenters. The van der Waals surface area contributed by atoms with E-state index in [0.29, 0.717) is 11.9 Å². The topological polar surface area (TPSA) is 32.3 Å². The molecule has 1 amide bonds. The molecule has 27 heavy (non-hydrogen) atoms. The van der Waals surface area contributed by atoms with Crippen molar-refractivity contribution in [3.05, 3.63) is 35.9 Å². The Labute approximate surface area is 165 Å². The molecule has 3 heteroatoms. The number of nitrogens with one attached hydrogen (secondary N) is 1. The summed E-state index contributed by atoms with van der Waals surface area (Å²) in [5.41, 5.74) is 1.62. The highest BCUT2D eigenvalue weighted by Gasteiger charge is 2.58. The quantitative estimate of drug-likeness (QED) is 0.859. The van der Waals surface area contributed by atoms with E-state index in [0.717, 1.165) is 57.0 Å². The first-order valence-electron chi connectivity index (χ1n) is 11.1. The first-order valence-corrected chi connectivity index (χ1v) is 11.1. The van der Waals surface area contributed by atoms with Crippen molar-refractivity contribution < 1.29 is 6.22 Å². The zero-order valence-corrected chi connectivity index (χ0v) is 16.8. The summed E-state index contributed by atoms with van der Waals surface area (Å²) in [5, 5.41) is 3.53. The second-order valence-corrected chi connectivity index (χ2v) is 10.3. The molecule has 1 aliphatic heterocycles. The van der Waals surface area contributed by atoms with Gasteiger partial charge >= 0.3 is 0 Å². The van der Waals surface area contributed by atoms with Crippen molar-refractivity contribution in [3.63, 3.8) is 0 Å². The van der Waals surface area contributed by atoms with Crippen molar-refractivity contribution in [2.45, 2.75) is 69.2 Å². The van der Waals surface area contributed by atoms with E-state index in [-0.39, 0.29) is 12.3 Å². The van der Waals surface area contributed by atoms with E-state index in [1.165, 1.54) is 31.2 Å². The molecule has 4 bridgehead atoms. The lowest BCUT2D eigenvalue weighted by Crippen LogP contribution is -2.54. The normalized spacial score (nSPS) is 39.3. The van der Waals surface area contributed by atoms with Gasteiger partial charge < -0.3 is 10.2 Å². The molecule has 1 N–H and O–H groups in total. The molecule has 1 heterocycles. The summed E-state index contributed by atoms with van der Waals surface area (Å²) in [7, 11) is 2.19. The van der Waals surface area contributed by atoms with Crippen LogP contribution in [0.3, 0.4) is 0 Å². The molecule has 148 valence electrons. The molecule has 1 aromatic rings. The van der Waals surface area contributed by atoms with E-state index in [9.17, 15) is 4.79 Å². The van der Waals surface area contributed by atoms with Crippen LogP contribution in [0, 0.1) is 17.3 Å². The maximum absolute atomic E-state index is 13.6. The van der Waals surface area contributed by atoms with E-state index >= 15 is 0 Å². The summed E-state index contributed by atoms with van der Waals surface area (Å²) in [6, 6.07) is 11.5. The summed E-state index contributed by atoms with van der Waals surface area (Å²) >= 11 is 0. The zero-order chi connectivity index (χ0) is 18.5. The highest BCUT2D eigenvalue weighted by molar-refractivity contribution is 5.83. The number of carbonyl (C=O) groups excluding carboxylic acids is 1. The second kappa shape index (κ2) is 6.62. The largest absolute Gasteiger partial charge is 0.353 e. The molecular formula is C24H36N2O. The van der Waals surface area contributed by atoms with Crippen molar-refractivity contribution in [3.8, 4) is 0 Å². The van der Waals surface area contributed by atoms with Crippen LogP contribution >= 0.6 is 0 Å². The number of benzene rings is 1. The third-order valence-electron chi connectivity index (χ3n) is 8.33. The van der Waals surface area contributed by atoms with Gasteiger partial charge in [0.15, 0.2) is 0 Å². The van der Waals surface area contributed by atoms with E-state index in [2.05, 4.69) is 47.6 Å². The van der Waals surface area contributed by atoms with Gasteiger partial charge in [0.05, 0.1) is 5.41 Å². The lowest BCUT2D eigenvalue weighted by molar-refractivity contribution is -0.137. The highest BCUT2D eigenvalue weighted by Crippen LogP contribution is 2.63. The predicted octanol–water partition coefficient (Wildman–Crippen LogP) is 4.37. The van der Waals surface area contributed by atoms with Gasteiger partial charge in [0.25, 0.3) is 0 Å². The Morgan fingerprint density at radius 3 is 2.59 bits per heavy atom. The van der Waals surface area contributed by atoms with Crippen LogP contribution in [0.4, 0.5) is 0 Å². The van der Waals surface area contributed by atoms with E-state index in [1.54, 1.807) is 0 Å². The monoisotopic (exact) mass is 368 g/mol. The van der Waals surface area contributed by atoms with Gasteiger partial charge in [-0.2, -0.15) is 0 Å². The Bertz CT molecular complexity index is 702. The molecule has 0 aromatic heterocycles. The van der Waals surface area contributed by atoms with Crippen LogP contribution in [0.2, 0.25) is 0 Å². The minimum Gasteiger partial charge on any atom is -0.353 e. The van der Waals surface area contributed by atoms with Crippen molar-refractivity contribution >= 4 is 5.91 Å². The van der Waals surface area contributed by atoms with Crippen LogP contribution < -0.4 is 5.32 Å². The van der Waals surface area contributed by atoms with Gasteiger partial charge in [0.1, 0.15) is 0 Å². The Balaban J connectivity index is 0.00000192. The SMILES string of the molecule is CN1CCC(NC(=O)C23CCC4CC(C2)CC(c2ccccc2)(C4)C3)CC1.[HH]. The predicted molar refractivity (Wildman–Crippen MR) is 111 cm³/mol. The van der Waals surface area contributed by atoms with E-state index in [4.69, 9.17) is 0 Å². The van der Waals surface area contributed by atoms with Gasteiger partial charge in [0, 0.05) is 7.47 Å². The van der Waals surface area contributed by atoms with Crippen LogP contribution in [0.1, 0.15) is 64.8 Å².